The molecule has 1 fully saturated rings. The van der Waals surface area contributed by atoms with Crippen LogP contribution in [0.1, 0.15) is 18.0 Å². The minimum Gasteiger partial charge on any atom is -0.337 e. The average molecular weight is 225 g/mol. The van der Waals surface area contributed by atoms with Gasteiger partial charge >= 0.3 is 0 Å². The molecule has 1 saturated heterocycles. The highest BCUT2D eigenvalue weighted by Crippen LogP contribution is 2.30. The quantitative estimate of drug-likeness (QED) is 0.787. The van der Waals surface area contributed by atoms with Crippen LogP contribution in [-0.2, 0) is 4.79 Å². The largest absolute Gasteiger partial charge is 0.337 e. The third-order valence-corrected chi connectivity index (χ3v) is 3.09. The van der Waals surface area contributed by atoms with E-state index < -0.39 is 0 Å². The highest BCUT2D eigenvalue weighted by molar-refractivity contribution is 6.30. The van der Waals surface area contributed by atoms with Crippen LogP contribution >= 0.6 is 11.6 Å². The number of amides is 1. The van der Waals surface area contributed by atoms with Crippen LogP contribution < -0.4 is 5.73 Å². The zero-order chi connectivity index (χ0) is 11.0. The number of benzene rings is 1. The van der Waals surface area contributed by atoms with Crippen molar-refractivity contribution in [3.8, 4) is 0 Å². The molecule has 1 aliphatic rings. The second kappa shape index (κ2) is 3.83. The number of rotatable bonds is 1. The first-order chi connectivity index (χ1) is 7.09. The van der Waals surface area contributed by atoms with Crippen molar-refractivity contribution < 1.29 is 4.79 Å². The Morgan fingerprint density at radius 2 is 2.00 bits per heavy atom. The second-order valence-electron chi connectivity index (χ2n) is 3.87. The molecular formula is C11H13ClN2O. The highest BCUT2D eigenvalue weighted by Gasteiger charge is 2.35. The fourth-order valence-corrected chi connectivity index (χ4v) is 2.16. The van der Waals surface area contributed by atoms with Gasteiger partial charge in [0.05, 0.1) is 6.04 Å². The molecule has 0 radical (unpaired) electrons. The average Bonchev–Trinajstić information content (AvgIpc) is 2.44. The maximum absolute atomic E-state index is 11.5. The molecular weight excluding hydrogens is 212 g/mol. The van der Waals surface area contributed by atoms with Gasteiger partial charge in [-0.25, -0.2) is 0 Å². The summed E-state index contributed by atoms with van der Waals surface area (Å²) >= 11 is 5.81. The Hall–Kier alpha value is -1.06. The summed E-state index contributed by atoms with van der Waals surface area (Å²) in [6, 6.07) is 7.34. The molecule has 2 atom stereocenters. The lowest BCUT2D eigenvalue weighted by molar-refractivity contribution is -0.127. The van der Waals surface area contributed by atoms with Gasteiger partial charge in [-0.1, -0.05) is 23.7 Å². The lowest BCUT2D eigenvalue weighted by atomic mass is 10.0. The van der Waals surface area contributed by atoms with Gasteiger partial charge in [0.25, 0.3) is 0 Å². The Labute approximate surface area is 93.8 Å². The molecule has 1 aliphatic heterocycles. The van der Waals surface area contributed by atoms with E-state index in [9.17, 15) is 4.79 Å². The molecule has 0 spiro atoms. The number of nitrogens with zero attached hydrogens (tertiary/aromatic N) is 1. The predicted octanol–water partition coefficient (Wildman–Crippen LogP) is 1.57. The SMILES string of the molecule is CN1C(=O)C[C@@H](N)[C@@H]1c1ccc(Cl)cc1. The van der Waals surface area contributed by atoms with Gasteiger partial charge < -0.3 is 10.6 Å². The van der Waals surface area contributed by atoms with E-state index in [1.54, 1.807) is 11.9 Å². The number of likely N-dealkylation sites (tertiary alicyclic amines) is 1. The van der Waals surface area contributed by atoms with Crippen molar-refractivity contribution >= 4 is 17.5 Å². The maximum Gasteiger partial charge on any atom is 0.224 e. The van der Waals surface area contributed by atoms with E-state index in [0.717, 1.165) is 5.56 Å². The van der Waals surface area contributed by atoms with Crippen molar-refractivity contribution in [2.75, 3.05) is 7.05 Å². The zero-order valence-electron chi connectivity index (χ0n) is 8.48. The van der Waals surface area contributed by atoms with Crippen LogP contribution in [0.5, 0.6) is 0 Å². The van der Waals surface area contributed by atoms with Crippen molar-refractivity contribution in [1.29, 1.82) is 0 Å². The van der Waals surface area contributed by atoms with Gasteiger partial charge in [0.2, 0.25) is 5.91 Å². The van der Waals surface area contributed by atoms with E-state index in [1.165, 1.54) is 0 Å². The van der Waals surface area contributed by atoms with Crippen LogP contribution in [0.4, 0.5) is 0 Å². The van der Waals surface area contributed by atoms with E-state index in [0.29, 0.717) is 11.4 Å². The lowest BCUT2D eigenvalue weighted by Gasteiger charge is -2.23. The number of carbonyl (C=O) groups excluding carboxylic acids is 1. The Morgan fingerprint density at radius 3 is 2.47 bits per heavy atom. The molecule has 1 aromatic carbocycles. The number of hydrogen-bond acceptors (Lipinski definition) is 2. The molecule has 4 heteroatoms. The first-order valence-corrected chi connectivity index (χ1v) is 5.24. The van der Waals surface area contributed by atoms with Gasteiger partial charge in [-0.05, 0) is 17.7 Å². The predicted molar refractivity (Wildman–Crippen MR) is 59.6 cm³/mol. The van der Waals surface area contributed by atoms with E-state index in [4.69, 9.17) is 17.3 Å². The van der Waals surface area contributed by atoms with Crippen LogP contribution in [0.2, 0.25) is 5.02 Å². The van der Waals surface area contributed by atoms with Crippen molar-refractivity contribution in [1.82, 2.24) is 4.90 Å². The molecule has 1 heterocycles. The van der Waals surface area contributed by atoms with Crippen LogP contribution in [0.3, 0.4) is 0 Å². The summed E-state index contributed by atoms with van der Waals surface area (Å²) in [5.41, 5.74) is 6.98. The van der Waals surface area contributed by atoms with E-state index in [1.807, 2.05) is 24.3 Å². The molecule has 0 saturated carbocycles. The molecule has 0 aliphatic carbocycles. The summed E-state index contributed by atoms with van der Waals surface area (Å²) in [5.74, 6) is 0.0995. The minimum absolute atomic E-state index is 0.0187. The Kier molecular flexibility index (Phi) is 2.67. The smallest absolute Gasteiger partial charge is 0.224 e. The van der Waals surface area contributed by atoms with Gasteiger partial charge in [0, 0.05) is 24.5 Å². The minimum atomic E-state index is -0.122. The Morgan fingerprint density at radius 1 is 1.40 bits per heavy atom. The summed E-state index contributed by atoms with van der Waals surface area (Å²) in [6.07, 6.45) is 0.420. The van der Waals surface area contributed by atoms with Crippen LogP contribution in [0.25, 0.3) is 0 Å². The maximum atomic E-state index is 11.5. The molecule has 80 valence electrons. The number of halogens is 1. The molecule has 0 aromatic heterocycles. The molecule has 15 heavy (non-hydrogen) atoms. The second-order valence-corrected chi connectivity index (χ2v) is 4.31. The summed E-state index contributed by atoms with van der Waals surface area (Å²) in [4.78, 5) is 13.2. The normalized spacial score (nSPS) is 26.1. The van der Waals surface area contributed by atoms with E-state index in [2.05, 4.69) is 0 Å². The molecule has 1 aromatic rings. The van der Waals surface area contributed by atoms with Crippen LogP contribution in [0.15, 0.2) is 24.3 Å². The fourth-order valence-electron chi connectivity index (χ4n) is 2.03. The van der Waals surface area contributed by atoms with Crippen molar-refractivity contribution in [2.45, 2.75) is 18.5 Å². The Bertz CT molecular complexity index is 377. The van der Waals surface area contributed by atoms with Gasteiger partial charge in [-0.2, -0.15) is 0 Å². The molecule has 3 nitrogen and oxygen atoms in total. The number of nitrogens with two attached hydrogens (primary N) is 1. The third kappa shape index (κ3) is 1.85. The number of likely N-dealkylation sites (N-methyl/N-ethyl adjacent to an activating group) is 1. The lowest BCUT2D eigenvalue weighted by Crippen LogP contribution is -2.30. The molecule has 0 bridgehead atoms. The monoisotopic (exact) mass is 224 g/mol. The summed E-state index contributed by atoms with van der Waals surface area (Å²) in [5, 5.41) is 0.694. The van der Waals surface area contributed by atoms with Crippen LogP contribution in [0, 0.1) is 0 Å². The summed E-state index contributed by atoms with van der Waals surface area (Å²) < 4.78 is 0. The van der Waals surface area contributed by atoms with Gasteiger partial charge in [-0.3, -0.25) is 4.79 Å². The highest BCUT2D eigenvalue weighted by atomic mass is 35.5. The van der Waals surface area contributed by atoms with Crippen LogP contribution in [-0.4, -0.2) is 23.9 Å². The topological polar surface area (TPSA) is 46.3 Å². The summed E-state index contributed by atoms with van der Waals surface area (Å²) in [7, 11) is 1.79. The van der Waals surface area contributed by atoms with Gasteiger partial charge in [0.15, 0.2) is 0 Å². The Balaban J connectivity index is 2.30. The first-order valence-electron chi connectivity index (χ1n) is 4.86. The third-order valence-electron chi connectivity index (χ3n) is 2.84. The zero-order valence-corrected chi connectivity index (χ0v) is 9.24. The van der Waals surface area contributed by atoms with Crippen molar-refractivity contribution in [2.24, 2.45) is 5.73 Å². The molecule has 0 unspecified atom stereocenters. The number of carbonyl (C=O) groups is 1. The van der Waals surface area contributed by atoms with E-state index >= 15 is 0 Å². The van der Waals surface area contributed by atoms with Crippen molar-refractivity contribution in [3.05, 3.63) is 34.9 Å². The van der Waals surface area contributed by atoms with Gasteiger partial charge in [-0.15, -0.1) is 0 Å². The van der Waals surface area contributed by atoms with E-state index in [-0.39, 0.29) is 18.0 Å². The van der Waals surface area contributed by atoms with Gasteiger partial charge in [0.1, 0.15) is 0 Å². The first kappa shape index (κ1) is 10.5. The fraction of sp³-hybridized carbons (Fsp3) is 0.364. The number of hydrogen-bond donors (Lipinski definition) is 1. The molecule has 2 N–H and O–H groups in total. The molecule has 1 amide bonds. The van der Waals surface area contributed by atoms with Crippen molar-refractivity contribution in [3.63, 3.8) is 0 Å². The molecule has 2 rings (SSSR count). The standard InChI is InChI=1S/C11H13ClN2O/c1-14-10(15)6-9(13)11(14)7-2-4-8(12)5-3-7/h2-5,9,11H,6,13H2,1H3/t9-,11+/m1/s1. The summed E-state index contributed by atoms with van der Waals surface area (Å²) in [6.45, 7) is 0.